The van der Waals surface area contributed by atoms with Crippen LogP contribution in [0.3, 0.4) is 0 Å². The molecule has 17 heteroatoms. The van der Waals surface area contributed by atoms with E-state index < -0.39 is 40.7 Å². The average molecular weight is 896 g/mol. The molecule has 312 valence electrons. The van der Waals surface area contributed by atoms with Crippen molar-refractivity contribution in [1.29, 1.82) is 0 Å². The van der Waals surface area contributed by atoms with Crippen molar-refractivity contribution in [3.8, 4) is 35.6 Å². The minimum Gasteiger partial charge on any atom is -0.464 e. The number of rotatable bonds is 4. The van der Waals surface area contributed by atoms with Gasteiger partial charge in [-0.25, -0.2) is 27.7 Å². The lowest BCUT2D eigenvalue weighted by atomic mass is 10.0. The summed E-state index contributed by atoms with van der Waals surface area (Å²) < 4.78 is 40.6. The summed E-state index contributed by atoms with van der Waals surface area (Å²) in [6.45, 7) is 0.982. The van der Waals surface area contributed by atoms with Gasteiger partial charge in [0.15, 0.2) is 11.4 Å². The highest BCUT2D eigenvalue weighted by Gasteiger charge is 2.43. The maximum Gasteiger partial charge on any atom is 0.359 e. The number of ether oxygens (including phenoxy) is 2. The fraction of sp³-hybridized carbons (Fsp3) is 0.227. The van der Waals surface area contributed by atoms with Gasteiger partial charge in [-0.1, -0.05) is 45.8 Å². The Labute approximate surface area is 356 Å². The Morgan fingerprint density at radius 1 is 0.738 bits per heavy atom. The van der Waals surface area contributed by atoms with E-state index in [1.807, 2.05) is 24.3 Å². The lowest BCUT2D eigenvalue weighted by Crippen LogP contribution is -2.37. The molecule has 0 saturated carbocycles. The summed E-state index contributed by atoms with van der Waals surface area (Å²) in [6.07, 6.45) is 5.56. The zero-order valence-electron chi connectivity index (χ0n) is 33.1. The van der Waals surface area contributed by atoms with Crippen LogP contribution in [0.1, 0.15) is 39.4 Å². The summed E-state index contributed by atoms with van der Waals surface area (Å²) in [6, 6.07) is 22.6. The number of carbonyl (C=O) groups excluding carboxylic acids is 4. The van der Waals surface area contributed by atoms with Gasteiger partial charge in [0.25, 0.3) is 11.8 Å². The molecule has 2 saturated heterocycles. The Morgan fingerprint density at radius 3 is 1.64 bits per heavy atom. The summed E-state index contributed by atoms with van der Waals surface area (Å²) in [5, 5.41) is 29.1. The molecule has 2 N–H and O–H groups in total. The molecule has 6 aromatic rings. The van der Waals surface area contributed by atoms with Crippen molar-refractivity contribution in [1.82, 2.24) is 29.4 Å². The third-order valence-corrected chi connectivity index (χ3v) is 10.3. The molecule has 0 aliphatic carbocycles. The smallest absolute Gasteiger partial charge is 0.359 e. The van der Waals surface area contributed by atoms with Crippen molar-refractivity contribution in [2.75, 3.05) is 41.4 Å². The third-order valence-electron chi connectivity index (χ3n) is 9.86. The Morgan fingerprint density at radius 2 is 1.21 bits per heavy atom. The molecule has 2 aromatic heterocycles. The number of halogens is 3. The van der Waals surface area contributed by atoms with E-state index in [9.17, 15) is 38.2 Å². The van der Waals surface area contributed by atoms with Crippen LogP contribution in [0.4, 0.5) is 8.78 Å². The highest BCUT2D eigenvalue weighted by Crippen LogP contribution is 2.27. The van der Waals surface area contributed by atoms with E-state index in [0.29, 0.717) is 52.6 Å². The largest absolute Gasteiger partial charge is 0.464 e. The van der Waals surface area contributed by atoms with Crippen LogP contribution in [-0.4, -0.2) is 116 Å². The summed E-state index contributed by atoms with van der Waals surface area (Å²) in [7, 11) is 5.74. The molecule has 2 aliphatic heterocycles. The van der Waals surface area contributed by atoms with Crippen LogP contribution in [0.2, 0.25) is 0 Å². The summed E-state index contributed by atoms with van der Waals surface area (Å²) >= 11 is 3.39. The van der Waals surface area contributed by atoms with E-state index in [4.69, 9.17) is 15.9 Å². The zero-order chi connectivity index (χ0) is 44.2. The van der Waals surface area contributed by atoms with Gasteiger partial charge in [-0.15, -0.1) is 6.42 Å². The van der Waals surface area contributed by atoms with Crippen molar-refractivity contribution in [3.05, 3.63) is 118 Å². The van der Waals surface area contributed by atoms with Gasteiger partial charge in [0.1, 0.15) is 11.6 Å². The fourth-order valence-electron chi connectivity index (χ4n) is 6.53. The molecule has 2 amide bonds. The van der Waals surface area contributed by atoms with Crippen LogP contribution in [-0.2, 0) is 19.1 Å². The third kappa shape index (κ3) is 9.00. The van der Waals surface area contributed by atoms with Crippen molar-refractivity contribution in [3.63, 3.8) is 0 Å². The molecule has 0 radical (unpaired) electrons. The van der Waals surface area contributed by atoms with E-state index in [2.05, 4.69) is 43.9 Å². The van der Waals surface area contributed by atoms with Crippen molar-refractivity contribution >= 4 is 61.5 Å². The predicted molar refractivity (Wildman–Crippen MR) is 223 cm³/mol. The minimum atomic E-state index is -1.70. The van der Waals surface area contributed by atoms with Crippen molar-refractivity contribution < 1.29 is 47.6 Å². The lowest BCUT2D eigenvalue weighted by Gasteiger charge is -2.13. The van der Waals surface area contributed by atoms with Gasteiger partial charge < -0.3 is 29.5 Å². The number of aliphatic hydroxyl groups is 2. The molecular weight excluding hydrogens is 858 g/mol. The molecule has 2 aliphatic rings. The van der Waals surface area contributed by atoms with Gasteiger partial charge in [-0.3, -0.25) is 9.59 Å². The van der Waals surface area contributed by atoms with Gasteiger partial charge in [0.2, 0.25) is 11.2 Å². The predicted octanol–water partition coefficient (Wildman–Crippen LogP) is 4.82. The Hall–Kier alpha value is -6.92. The number of esters is 2. The molecule has 2 fully saturated rings. The molecule has 14 nitrogen and oxygen atoms in total. The van der Waals surface area contributed by atoms with Crippen LogP contribution >= 0.6 is 15.9 Å². The first kappa shape index (κ1) is 43.7. The number of nitrogens with zero attached hydrogens (tertiary/aromatic N) is 6. The van der Waals surface area contributed by atoms with Crippen molar-refractivity contribution in [2.45, 2.75) is 24.0 Å². The van der Waals surface area contributed by atoms with Crippen LogP contribution in [0.25, 0.3) is 33.2 Å². The molecule has 0 bridgehead atoms. The number of fused-ring (bicyclic) bond motifs is 2. The lowest BCUT2D eigenvalue weighted by molar-refractivity contribution is -0.138. The second-order valence-electron chi connectivity index (χ2n) is 13.9. The maximum absolute atomic E-state index is 13.7. The van der Waals surface area contributed by atoms with Gasteiger partial charge in [0, 0.05) is 60.8 Å². The van der Waals surface area contributed by atoms with E-state index >= 15 is 0 Å². The van der Waals surface area contributed by atoms with E-state index in [1.54, 1.807) is 49.1 Å². The Kier molecular flexibility index (Phi) is 12.7. The number of terminal acetylenes is 1. The standard InChI is InChI=1S/C22H18FN3O4.C15H10BrFN2O2.C7H9NO2/c1-25-11-10-22(29,21(25)28)9-8-14-4-3-5-16(12-14)26-18-7-6-15(23)13-17(18)19(24-26)20(27)30-2;1-21-15(20)14-12-8-10(17)5-6-13(12)19(18-14)11-4-2-3-9(16)7-11;1-3-7(10)4-5-8(2)6(7)9/h3-7,12-13,29H,10-11H2,1-2H3;2-8H,1H3;1,10H,4-5H2,2H3/t22-;;7-/m0.0/s1. The average Bonchev–Trinajstić information content (AvgIpc) is 3.98. The molecule has 8 rings (SSSR count). The quantitative estimate of drug-likeness (QED) is 0.185. The van der Waals surface area contributed by atoms with E-state index in [1.165, 1.54) is 59.0 Å². The number of aromatic nitrogens is 4. The van der Waals surface area contributed by atoms with Crippen molar-refractivity contribution in [2.24, 2.45) is 0 Å². The highest BCUT2D eigenvalue weighted by atomic mass is 79.9. The van der Waals surface area contributed by atoms with E-state index in [0.717, 1.165) is 10.2 Å². The van der Waals surface area contributed by atoms with Gasteiger partial charge >= 0.3 is 11.9 Å². The number of likely N-dealkylation sites (N-methyl/N-ethyl adjacent to an activating group) is 2. The second kappa shape index (κ2) is 17.7. The van der Waals surface area contributed by atoms with E-state index in [-0.39, 0.29) is 23.7 Å². The number of carbonyl (C=O) groups is 4. The number of methoxy groups -OCH3 is 2. The number of benzene rings is 4. The van der Waals surface area contributed by atoms with Gasteiger partial charge in [-0.2, -0.15) is 10.2 Å². The Bertz CT molecular complexity index is 2830. The maximum atomic E-state index is 13.7. The second-order valence-corrected chi connectivity index (χ2v) is 14.8. The first-order valence-corrected chi connectivity index (χ1v) is 19.2. The first-order valence-electron chi connectivity index (χ1n) is 18.4. The number of hydrogen-bond acceptors (Lipinski definition) is 10. The monoisotopic (exact) mass is 894 g/mol. The van der Waals surface area contributed by atoms with Gasteiger partial charge in [-0.05, 0) is 72.8 Å². The minimum absolute atomic E-state index is 0.00242. The molecular formula is C44H37BrF2N6O8. The molecule has 61 heavy (non-hydrogen) atoms. The molecule has 0 unspecified atom stereocenters. The SMILES string of the molecule is C#C[C@]1(O)CCN(C)C1=O.COC(=O)c1nn(-c2cccc(Br)c2)c2ccc(F)cc12.COC(=O)c1nn(-c2cccc(C#C[C@]3(O)CCN(C)C3=O)c2)c2ccc(F)cc12. The summed E-state index contributed by atoms with van der Waals surface area (Å²) in [5.41, 5.74) is -0.0828. The Balaban J connectivity index is 0.000000173. The van der Waals surface area contributed by atoms with Crippen LogP contribution in [0.5, 0.6) is 0 Å². The van der Waals surface area contributed by atoms with Crippen LogP contribution in [0, 0.1) is 35.8 Å². The van der Waals surface area contributed by atoms with Gasteiger partial charge in [0.05, 0.1) is 36.6 Å². The number of hydrogen-bond donors (Lipinski definition) is 2. The highest BCUT2D eigenvalue weighted by molar-refractivity contribution is 9.10. The molecule has 4 heterocycles. The number of amides is 2. The normalized spacial score (nSPS) is 18.1. The summed E-state index contributed by atoms with van der Waals surface area (Å²) in [4.78, 5) is 49.9. The van der Waals surface area contributed by atoms with Crippen LogP contribution in [0.15, 0.2) is 89.4 Å². The fourth-order valence-corrected chi connectivity index (χ4v) is 6.91. The van der Waals surface area contributed by atoms with Crippen LogP contribution < -0.4 is 0 Å². The first-order chi connectivity index (χ1) is 29.0. The topological polar surface area (TPSA) is 169 Å². The zero-order valence-corrected chi connectivity index (χ0v) is 34.7. The molecule has 4 aromatic carbocycles. The molecule has 0 spiro atoms. The summed E-state index contributed by atoms with van der Waals surface area (Å²) in [5.74, 6) is 4.62. The number of likely N-dealkylation sites (tertiary alicyclic amines) is 2. The molecule has 2 atom stereocenters.